The van der Waals surface area contributed by atoms with Gasteiger partial charge in [-0.3, -0.25) is 14.6 Å². The van der Waals surface area contributed by atoms with Crippen LogP contribution >= 0.6 is 11.3 Å². The molecule has 0 spiro atoms. The van der Waals surface area contributed by atoms with Crippen molar-refractivity contribution in [3.63, 3.8) is 0 Å². The summed E-state index contributed by atoms with van der Waals surface area (Å²) in [6.45, 7) is 11.4. The van der Waals surface area contributed by atoms with E-state index in [0.29, 0.717) is 33.2 Å². The molecule has 1 aromatic carbocycles. The molecular weight excluding hydrogens is 492 g/mol. The predicted molar refractivity (Wildman–Crippen MR) is 152 cm³/mol. The van der Waals surface area contributed by atoms with Gasteiger partial charge in [0.15, 0.2) is 6.29 Å². The van der Waals surface area contributed by atoms with Gasteiger partial charge in [-0.05, 0) is 61.9 Å². The van der Waals surface area contributed by atoms with E-state index in [-0.39, 0.29) is 19.1 Å². The number of hydrazone groups is 1. The fourth-order valence-electron chi connectivity index (χ4n) is 2.69. The van der Waals surface area contributed by atoms with Gasteiger partial charge in [-0.2, -0.15) is 10.0 Å². The number of benzene rings is 1. The maximum Gasteiger partial charge on any atom is 0.265 e. The van der Waals surface area contributed by atoms with Crippen LogP contribution in [0.15, 0.2) is 81.8 Å². The highest BCUT2D eigenvalue weighted by molar-refractivity contribution is 7.15. The van der Waals surface area contributed by atoms with Crippen molar-refractivity contribution in [1.29, 1.82) is 0 Å². The molecule has 0 saturated carbocycles. The van der Waals surface area contributed by atoms with Crippen LogP contribution in [0.1, 0.15) is 31.8 Å². The molecule has 2 rings (SSSR count). The van der Waals surface area contributed by atoms with Gasteiger partial charge in [-0.15, -0.1) is 11.3 Å². The molecule has 0 unspecified atom stereocenters. The first kappa shape index (κ1) is 30.7. The number of aryl methyl sites for hydroxylation is 1. The Balaban J connectivity index is 0.000000401. The number of rotatable bonds is 13. The number of nitroso groups, excluding NO2 is 1. The van der Waals surface area contributed by atoms with E-state index in [1.54, 1.807) is 43.7 Å². The molecule has 1 amide bonds. The van der Waals surface area contributed by atoms with Crippen LogP contribution in [0.5, 0.6) is 5.75 Å². The number of aldehydes is 1. The quantitative estimate of drug-likeness (QED) is 0.0721. The first-order valence-corrected chi connectivity index (χ1v) is 11.9. The molecule has 196 valence electrons. The zero-order valence-electron chi connectivity index (χ0n) is 21.4. The number of anilines is 1. The number of likely N-dealkylation sites (N-methyl/N-ethyl adjacent to an activating group) is 1. The van der Waals surface area contributed by atoms with Gasteiger partial charge in [0.25, 0.3) is 5.91 Å². The summed E-state index contributed by atoms with van der Waals surface area (Å²) in [6, 6.07) is 8.43. The highest BCUT2D eigenvalue weighted by Gasteiger charge is 2.11. The van der Waals surface area contributed by atoms with Gasteiger partial charge in [0, 0.05) is 32.2 Å². The maximum atomic E-state index is 12.1. The number of allylic oxidation sites excluding steroid dienone is 3. The topological polar surface area (TPSA) is 125 Å². The number of aliphatic imine (C=N–C) groups is 1. The molecule has 0 aliphatic heterocycles. The Bertz CT molecular complexity index is 1170. The fraction of sp³-hybridized carbons (Fsp3) is 0.231. The predicted octanol–water partition coefficient (Wildman–Crippen LogP) is 5.02. The smallest absolute Gasteiger partial charge is 0.265 e. The van der Waals surface area contributed by atoms with Gasteiger partial charge < -0.3 is 15.4 Å². The van der Waals surface area contributed by atoms with Crippen LogP contribution in [0.2, 0.25) is 0 Å². The van der Waals surface area contributed by atoms with Gasteiger partial charge >= 0.3 is 0 Å². The van der Waals surface area contributed by atoms with Gasteiger partial charge in [-0.1, -0.05) is 17.8 Å². The third-order valence-corrected chi connectivity index (χ3v) is 5.60. The molecule has 1 aromatic heterocycles. The standard InChI is InChI=1S/C15H14N2O4S.C11H18N4/c1-10-8-11(21-7-6-16-20)2-4-13(10)17-15(19)14-5-3-12(9-18)22-14;1-6-11(13-4)8-7-10(2)15(14-5)9-12-3/h2-5,8-9H,6-7H2,1H3,(H,17,19);6-9,13H,2,5H2,1,3-4H3/b;8-7-,11-6+,12-9?. The number of carbonyl (C=O) groups is 2. The zero-order chi connectivity index (χ0) is 27.6. The Morgan fingerprint density at radius 2 is 2.00 bits per heavy atom. The first-order chi connectivity index (χ1) is 17.8. The Labute approximate surface area is 221 Å². The van der Waals surface area contributed by atoms with Crippen LogP contribution in [0.3, 0.4) is 0 Å². The maximum absolute atomic E-state index is 12.1. The van der Waals surface area contributed by atoms with Crippen molar-refractivity contribution < 1.29 is 14.3 Å². The van der Waals surface area contributed by atoms with Crippen LogP contribution in [-0.2, 0) is 0 Å². The molecular formula is C26H32N6O4S. The number of nitrogens with one attached hydrogen (secondary N) is 2. The van der Waals surface area contributed by atoms with Crippen molar-refractivity contribution >= 4 is 42.3 Å². The van der Waals surface area contributed by atoms with Crippen molar-refractivity contribution in [2.45, 2.75) is 13.8 Å². The third kappa shape index (κ3) is 10.8. The highest BCUT2D eigenvalue weighted by atomic mass is 32.1. The Hall–Kier alpha value is -4.38. The molecule has 11 heteroatoms. The molecule has 2 aromatic rings. The minimum absolute atomic E-state index is 0.0922. The molecule has 0 fully saturated rings. The number of nitrogens with zero attached hydrogens (tertiary/aromatic N) is 4. The monoisotopic (exact) mass is 524 g/mol. The minimum atomic E-state index is -0.264. The van der Waals surface area contributed by atoms with E-state index >= 15 is 0 Å². The largest absolute Gasteiger partial charge is 0.492 e. The lowest BCUT2D eigenvalue weighted by atomic mass is 10.2. The van der Waals surface area contributed by atoms with Crippen LogP contribution in [0, 0.1) is 11.8 Å². The van der Waals surface area contributed by atoms with Crippen molar-refractivity contribution in [2.24, 2.45) is 15.3 Å². The fourth-order valence-corrected chi connectivity index (χ4v) is 3.40. The van der Waals surface area contributed by atoms with Crippen LogP contribution < -0.4 is 15.4 Å². The van der Waals surface area contributed by atoms with E-state index in [1.165, 1.54) is 5.01 Å². The number of ether oxygens (including phenoxy) is 1. The molecule has 0 saturated heterocycles. The Morgan fingerprint density at radius 1 is 1.24 bits per heavy atom. The first-order valence-electron chi connectivity index (χ1n) is 11.1. The lowest BCUT2D eigenvalue weighted by Crippen LogP contribution is -2.12. The summed E-state index contributed by atoms with van der Waals surface area (Å²) >= 11 is 1.14. The molecule has 0 aliphatic carbocycles. The summed E-state index contributed by atoms with van der Waals surface area (Å²) in [4.78, 5) is 37.6. The van der Waals surface area contributed by atoms with Gasteiger partial charge in [-0.25, -0.2) is 5.01 Å². The van der Waals surface area contributed by atoms with E-state index in [2.05, 4.69) is 39.2 Å². The van der Waals surface area contributed by atoms with Gasteiger partial charge in [0.05, 0.1) is 15.5 Å². The molecule has 2 N–H and O–H groups in total. The second-order valence-electron chi connectivity index (χ2n) is 7.13. The minimum Gasteiger partial charge on any atom is -0.492 e. The second kappa shape index (κ2) is 17.1. The highest BCUT2D eigenvalue weighted by Crippen LogP contribution is 2.23. The summed E-state index contributed by atoms with van der Waals surface area (Å²) in [5, 5.41) is 13.8. The van der Waals surface area contributed by atoms with Crippen molar-refractivity contribution in [2.75, 3.05) is 32.6 Å². The normalized spacial score (nSPS) is 10.9. The number of hydrogen-bond donors (Lipinski definition) is 2. The van der Waals surface area contributed by atoms with Crippen LogP contribution in [0.4, 0.5) is 5.69 Å². The summed E-state index contributed by atoms with van der Waals surface area (Å²) in [7, 11) is 3.53. The summed E-state index contributed by atoms with van der Waals surface area (Å²) in [5.74, 6) is 0.346. The Kier molecular flexibility index (Phi) is 14.2. The SMILES string of the molecule is C=NN(C=NC)C(=C)/C=C\C(=C/C)NC.Cc1cc(OCCN=O)ccc1NC(=O)c1ccc(C=O)s1. The van der Waals surface area contributed by atoms with E-state index < -0.39 is 0 Å². The summed E-state index contributed by atoms with van der Waals surface area (Å²) < 4.78 is 5.35. The lowest BCUT2D eigenvalue weighted by Gasteiger charge is -2.11. The van der Waals surface area contributed by atoms with Gasteiger partial charge in [0.2, 0.25) is 0 Å². The van der Waals surface area contributed by atoms with Crippen molar-refractivity contribution in [1.82, 2.24) is 10.3 Å². The van der Waals surface area contributed by atoms with Crippen molar-refractivity contribution in [3.8, 4) is 5.75 Å². The molecule has 0 aliphatic rings. The molecule has 0 radical (unpaired) electrons. The number of amides is 1. The van der Waals surface area contributed by atoms with E-state index in [1.807, 2.05) is 39.1 Å². The average Bonchev–Trinajstić information content (AvgIpc) is 3.39. The molecule has 37 heavy (non-hydrogen) atoms. The van der Waals surface area contributed by atoms with Crippen LogP contribution in [0.25, 0.3) is 0 Å². The number of carbonyl (C=O) groups excluding carboxylic acids is 2. The van der Waals surface area contributed by atoms with Crippen LogP contribution in [-0.4, -0.2) is 57.5 Å². The molecule has 0 atom stereocenters. The zero-order valence-corrected chi connectivity index (χ0v) is 22.2. The number of thiophene rings is 1. The molecule has 1 heterocycles. The number of hydrogen-bond acceptors (Lipinski definition) is 9. The molecule has 0 bridgehead atoms. The molecule has 10 nitrogen and oxygen atoms in total. The van der Waals surface area contributed by atoms with E-state index in [9.17, 15) is 14.5 Å². The summed E-state index contributed by atoms with van der Waals surface area (Å²) in [6.07, 6.45) is 7.97. The summed E-state index contributed by atoms with van der Waals surface area (Å²) in [5.41, 5.74) is 3.20. The lowest BCUT2D eigenvalue weighted by molar-refractivity contribution is 0.103. The van der Waals surface area contributed by atoms with E-state index in [4.69, 9.17) is 4.74 Å². The second-order valence-corrected chi connectivity index (χ2v) is 8.25. The third-order valence-electron chi connectivity index (χ3n) is 4.59. The van der Waals surface area contributed by atoms with E-state index in [0.717, 1.165) is 22.6 Å². The average molecular weight is 525 g/mol. The Morgan fingerprint density at radius 3 is 2.54 bits per heavy atom. The van der Waals surface area contributed by atoms with Gasteiger partial charge in [0.1, 0.15) is 25.2 Å². The van der Waals surface area contributed by atoms with Crippen molar-refractivity contribution in [3.05, 3.63) is 86.8 Å².